The molecule has 5 rings (SSSR count). The van der Waals surface area contributed by atoms with E-state index in [0.29, 0.717) is 29.7 Å². The van der Waals surface area contributed by atoms with Crippen LogP contribution in [0.1, 0.15) is 30.2 Å². The second kappa shape index (κ2) is 10.3. The molecular formula is C27H27N3O4S. The number of amides is 1. The monoisotopic (exact) mass is 489 g/mol. The average Bonchev–Trinajstić information content (AvgIpc) is 3.27. The molecule has 7 nitrogen and oxygen atoms in total. The molecule has 1 amide bonds. The first-order valence-electron chi connectivity index (χ1n) is 11.8. The first kappa shape index (κ1) is 23.1. The van der Waals surface area contributed by atoms with Crippen LogP contribution in [0, 0.1) is 0 Å². The number of nitrogens with one attached hydrogen (secondary N) is 1. The second-order valence-corrected chi connectivity index (χ2v) is 9.32. The molecule has 2 heterocycles. The van der Waals surface area contributed by atoms with Crippen molar-refractivity contribution in [2.24, 2.45) is 0 Å². The van der Waals surface area contributed by atoms with Crippen LogP contribution in [0.25, 0.3) is 21.6 Å². The lowest BCUT2D eigenvalue weighted by Crippen LogP contribution is -2.21. The van der Waals surface area contributed by atoms with Crippen LogP contribution >= 0.6 is 11.3 Å². The topological polar surface area (TPSA) is 82.6 Å². The number of hydrogen-bond acceptors (Lipinski definition) is 7. The Kier molecular flexibility index (Phi) is 6.81. The number of rotatable bonds is 8. The molecule has 1 aliphatic rings. The number of anilines is 1. The zero-order chi connectivity index (χ0) is 24.2. The number of carbonyl (C=O) groups is 1. The van der Waals surface area contributed by atoms with Crippen molar-refractivity contribution < 1.29 is 19.0 Å². The van der Waals surface area contributed by atoms with E-state index >= 15 is 0 Å². The van der Waals surface area contributed by atoms with E-state index in [1.165, 1.54) is 16.9 Å². The molecule has 0 bridgehead atoms. The molecule has 2 aromatic carbocycles. The van der Waals surface area contributed by atoms with E-state index in [1.807, 2.05) is 55.5 Å². The van der Waals surface area contributed by atoms with Gasteiger partial charge in [0, 0.05) is 10.4 Å². The van der Waals surface area contributed by atoms with E-state index in [9.17, 15) is 4.79 Å². The molecular weight excluding hydrogens is 462 g/mol. The molecule has 0 aliphatic heterocycles. The third-order valence-corrected chi connectivity index (χ3v) is 7.12. The summed E-state index contributed by atoms with van der Waals surface area (Å²) in [7, 11) is 1.64. The largest absolute Gasteiger partial charge is 0.497 e. The predicted molar refractivity (Wildman–Crippen MR) is 138 cm³/mol. The Morgan fingerprint density at radius 3 is 2.63 bits per heavy atom. The van der Waals surface area contributed by atoms with Crippen molar-refractivity contribution in [2.45, 2.75) is 32.6 Å². The predicted octanol–water partition coefficient (Wildman–Crippen LogP) is 5.66. The minimum atomic E-state index is -0.279. The average molecular weight is 490 g/mol. The fourth-order valence-corrected chi connectivity index (χ4v) is 5.52. The van der Waals surface area contributed by atoms with Crippen molar-refractivity contribution in [3.05, 3.63) is 59.0 Å². The molecule has 35 heavy (non-hydrogen) atoms. The van der Waals surface area contributed by atoms with Gasteiger partial charge in [0.2, 0.25) is 5.88 Å². The summed E-state index contributed by atoms with van der Waals surface area (Å²) in [4.78, 5) is 24.6. The van der Waals surface area contributed by atoms with Crippen LogP contribution in [0.5, 0.6) is 17.4 Å². The van der Waals surface area contributed by atoms with Crippen molar-refractivity contribution in [2.75, 3.05) is 25.6 Å². The zero-order valence-corrected chi connectivity index (χ0v) is 20.6. The highest BCUT2D eigenvalue weighted by Crippen LogP contribution is 2.40. The number of thiophene rings is 1. The number of ether oxygens (including phenoxy) is 3. The van der Waals surface area contributed by atoms with Gasteiger partial charge in [0.25, 0.3) is 5.91 Å². The Balaban J connectivity index is 1.44. The minimum absolute atomic E-state index is 0.167. The molecule has 8 heteroatoms. The summed E-state index contributed by atoms with van der Waals surface area (Å²) in [6.07, 6.45) is 4.33. The smallest absolute Gasteiger partial charge is 0.262 e. The van der Waals surface area contributed by atoms with Crippen LogP contribution in [0.15, 0.2) is 48.5 Å². The van der Waals surface area contributed by atoms with Gasteiger partial charge in [0.05, 0.1) is 24.8 Å². The number of methoxy groups -OCH3 is 1. The maximum absolute atomic E-state index is 12.8. The van der Waals surface area contributed by atoms with Crippen molar-refractivity contribution in [1.82, 2.24) is 9.97 Å². The zero-order valence-electron chi connectivity index (χ0n) is 19.8. The molecule has 2 aromatic heterocycles. The Bertz CT molecular complexity index is 1350. The third kappa shape index (κ3) is 4.93. The number of benzene rings is 2. The fraction of sp³-hybridized carbons (Fsp3) is 0.296. The lowest BCUT2D eigenvalue weighted by molar-refractivity contribution is -0.118. The van der Waals surface area contributed by atoms with Gasteiger partial charge in [-0.2, -0.15) is 4.98 Å². The van der Waals surface area contributed by atoms with E-state index < -0.39 is 0 Å². The lowest BCUT2D eigenvalue weighted by Gasteiger charge is -2.14. The van der Waals surface area contributed by atoms with Gasteiger partial charge in [-0.05, 0) is 74.6 Å². The molecule has 1 aliphatic carbocycles. The normalized spacial score (nSPS) is 12.7. The van der Waals surface area contributed by atoms with Crippen LogP contribution in [-0.4, -0.2) is 36.2 Å². The third-order valence-electron chi connectivity index (χ3n) is 5.93. The maximum Gasteiger partial charge on any atom is 0.262 e. The number of hydrogen-bond donors (Lipinski definition) is 1. The summed E-state index contributed by atoms with van der Waals surface area (Å²) in [5.74, 6) is 2.13. The summed E-state index contributed by atoms with van der Waals surface area (Å²) in [6, 6.07) is 15.0. The van der Waals surface area contributed by atoms with Gasteiger partial charge < -0.3 is 19.5 Å². The molecule has 0 radical (unpaired) electrons. The first-order chi connectivity index (χ1) is 17.2. The van der Waals surface area contributed by atoms with Crippen LogP contribution in [-0.2, 0) is 17.6 Å². The first-order valence-corrected chi connectivity index (χ1v) is 12.6. The summed E-state index contributed by atoms with van der Waals surface area (Å²) in [5, 5.41) is 3.82. The van der Waals surface area contributed by atoms with Gasteiger partial charge in [-0.25, -0.2) is 4.98 Å². The van der Waals surface area contributed by atoms with Crippen molar-refractivity contribution in [3.8, 4) is 28.8 Å². The van der Waals surface area contributed by atoms with Gasteiger partial charge in [-0.1, -0.05) is 12.1 Å². The number of carbonyl (C=O) groups excluding carboxylic acids is 1. The molecule has 180 valence electrons. The molecule has 0 atom stereocenters. The van der Waals surface area contributed by atoms with Crippen LogP contribution in [0.2, 0.25) is 0 Å². The van der Waals surface area contributed by atoms with Gasteiger partial charge in [-0.3, -0.25) is 4.79 Å². The van der Waals surface area contributed by atoms with Crippen LogP contribution in [0.4, 0.5) is 5.69 Å². The summed E-state index contributed by atoms with van der Waals surface area (Å²) < 4.78 is 16.9. The van der Waals surface area contributed by atoms with Crippen LogP contribution in [0.3, 0.4) is 0 Å². The lowest BCUT2D eigenvalue weighted by atomic mass is 9.97. The molecule has 0 unspecified atom stereocenters. The summed E-state index contributed by atoms with van der Waals surface area (Å²) in [6.45, 7) is 2.25. The van der Waals surface area contributed by atoms with Crippen molar-refractivity contribution >= 4 is 33.1 Å². The molecule has 0 spiro atoms. The molecule has 0 saturated carbocycles. The highest BCUT2D eigenvalue weighted by atomic mass is 32.1. The van der Waals surface area contributed by atoms with Crippen molar-refractivity contribution in [1.29, 1.82) is 0 Å². The van der Waals surface area contributed by atoms with Gasteiger partial charge >= 0.3 is 0 Å². The van der Waals surface area contributed by atoms with E-state index in [0.717, 1.165) is 40.8 Å². The van der Waals surface area contributed by atoms with E-state index in [1.54, 1.807) is 18.4 Å². The number of aryl methyl sites for hydroxylation is 2. The van der Waals surface area contributed by atoms with E-state index in [4.69, 9.17) is 24.2 Å². The van der Waals surface area contributed by atoms with Crippen molar-refractivity contribution in [3.63, 3.8) is 0 Å². The minimum Gasteiger partial charge on any atom is -0.497 e. The SMILES string of the molecule is CCOc1ccccc1NC(=O)COc1nc(-c2ccc(OC)cc2)nc2sc3c(c12)CCCC3. The van der Waals surface area contributed by atoms with E-state index in [-0.39, 0.29) is 12.5 Å². The molecule has 0 fully saturated rings. The van der Waals surface area contributed by atoms with Gasteiger partial charge in [0.1, 0.15) is 16.3 Å². The fourth-order valence-electron chi connectivity index (χ4n) is 4.27. The maximum atomic E-state index is 12.8. The Hall–Kier alpha value is -3.65. The Morgan fingerprint density at radius 1 is 1.03 bits per heavy atom. The highest BCUT2D eigenvalue weighted by Gasteiger charge is 2.23. The summed E-state index contributed by atoms with van der Waals surface area (Å²) >= 11 is 1.70. The second-order valence-electron chi connectivity index (χ2n) is 8.24. The number of para-hydroxylation sites is 2. The highest BCUT2D eigenvalue weighted by molar-refractivity contribution is 7.18. The summed E-state index contributed by atoms with van der Waals surface area (Å²) in [5.41, 5.74) is 2.73. The quantitative estimate of drug-likeness (QED) is 0.344. The number of fused-ring (bicyclic) bond motifs is 3. The van der Waals surface area contributed by atoms with E-state index in [2.05, 4.69) is 5.32 Å². The molecule has 4 aromatic rings. The number of aromatic nitrogens is 2. The molecule has 1 N–H and O–H groups in total. The Labute approximate surface area is 208 Å². The molecule has 0 saturated heterocycles. The van der Waals surface area contributed by atoms with Gasteiger partial charge in [-0.15, -0.1) is 11.3 Å². The van der Waals surface area contributed by atoms with Crippen LogP contribution < -0.4 is 19.5 Å². The number of nitrogens with zero attached hydrogens (tertiary/aromatic N) is 2. The van der Waals surface area contributed by atoms with Gasteiger partial charge in [0.15, 0.2) is 12.4 Å². The Morgan fingerprint density at radius 2 is 1.83 bits per heavy atom. The standard InChI is InChI=1S/C27H27N3O4S/c1-3-33-21-10-6-5-9-20(21)28-23(31)16-34-26-24-19-8-4-7-11-22(19)35-27(24)30-25(29-26)17-12-14-18(32-2)15-13-17/h5-6,9-10,12-15H,3-4,7-8,11,16H2,1-2H3,(H,28,31).